The standard InChI is InChI=1S/C12H14F2O3/c1-3-17-12(16)11(15)8-5-4-6-9(14)10(8)7(2)13/h4-7,11,15H,3H2,1-2H3. The van der Waals surface area contributed by atoms with Gasteiger partial charge in [-0.1, -0.05) is 12.1 Å². The minimum absolute atomic E-state index is 0.0890. The van der Waals surface area contributed by atoms with Gasteiger partial charge in [0.25, 0.3) is 0 Å². The lowest BCUT2D eigenvalue weighted by molar-refractivity contribution is -0.153. The molecule has 0 heterocycles. The second kappa shape index (κ2) is 5.72. The summed E-state index contributed by atoms with van der Waals surface area (Å²) in [6.07, 6.45) is -3.28. The molecular weight excluding hydrogens is 230 g/mol. The summed E-state index contributed by atoms with van der Waals surface area (Å²) in [6, 6.07) is 3.68. The molecule has 0 aliphatic rings. The van der Waals surface area contributed by atoms with Gasteiger partial charge in [0.2, 0.25) is 0 Å². The van der Waals surface area contributed by atoms with Gasteiger partial charge in [0.1, 0.15) is 12.0 Å². The van der Waals surface area contributed by atoms with Crippen molar-refractivity contribution >= 4 is 5.97 Å². The molecule has 0 aliphatic heterocycles. The van der Waals surface area contributed by atoms with Crippen LogP contribution in [0.25, 0.3) is 0 Å². The van der Waals surface area contributed by atoms with Crippen LogP contribution in [0.15, 0.2) is 18.2 Å². The Hall–Kier alpha value is -1.49. The number of carbonyl (C=O) groups is 1. The first-order valence-corrected chi connectivity index (χ1v) is 5.26. The average Bonchev–Trinajstić information content (AvgIpc) is 2.27. The normalized spacial score (nSPS) is 14.2. The topological polar surface area (TPSA) is 46.5 Å². The largest absolute Gasteiger partial charge is 0.464 e. The van der Waals surface area contributed by atoms with Gasteiger partial charge in [-0.15, -0.1) is 0 Å². The van der Waals surface area contributed by atoms with Gasteiger partial charge in [0.05, 0.1) is 6.61 Å². The molecule has 5 heteroatoms. The van der Waals surface area contributed by atoms with Crippen molar-refractivity contribution in [2.75, 3.05) is 6.61 Å². The van der Waals surface area contributed by atoms with E-state index in [2.05, 4.69) is 4.74 Å². The number of hydrogen-bond acceptors (Lipinski definition) is 3. The first-order valence-electron chi connectivity index (χ1n) is 5.26. The van der Waals surface area contributed by atoms with E-state index in [4.69, 9.17) is 0 Å². The van der Waals surface area contributed by atoms with Crippen LogP contribution in [0.3, 0.4) is 0 Å². The number of rotatable bonds is 4. The lowest BCUT2D eigenvalue weighted by atomic mass is 9.99. The second-order valence-electron chi connectivity index (χ2n) is 3.51. The number of halogens is 2. The van der Waals surface area contributed by atoms with Crippen molar-refractivity contribution in [1.29, 1.82) is 0 Å². The van der Waals surface area contributed by atoms with Crippen molar-refractivity contribution in [3.8, 4) is 0 Å². The van der Waals surface area contributed by atoms with Crippen LogP contribution in [0.2, 0.25) is 0 Å². The minimum Gasteiger partial charge on any atom is -0.464 e. The van der Waals surface area contributed by atoms with Crippen LogP contribution in [-0.2, 0) is 9.53 Å². The molecule has 1 rings (SSSR count). The maximum atomic E-state index is 13.4. The quantitative estimate of drug-likeness (QED) is 0.827. The van der Waals surface area contributed by atoms with Crippen LogP contribution < -0.4 is 0 Å². The number of aliphatic hydroxyl groups is 1. The summed E-state index contributed by atoms with van der Waals surface area (Å²) in [5.74, 6) is -1.71. The van der Waals surface area contributed by atoms with Crippen molar-refractivity contribution in [1.82, 2.24) is 0 Å². The van der Waals surface area contributed by atoms with E-state index in [0.29, 0.717) is 0 Å². The molecule has 0 bridgehead atoms. The van der Waals surface area contributed by atoms with Gasteiger partial charge in [-0.2, -0.15) is 0 Å². The number of esters is 1. The molecule has 0 radical (unpaired) electrons. The molecule has 0 amide bonds. The van der Waals surface area contributed by atoms with E-state index in [9.17, 15) is 18.7 Å². The van der Waals surface area contributed by atoms with Gasteiger partial charge in [-0.3, -0.25) is 0 Å². The van der Waals surface area contributed by atoms with Crippen LogP contribution >= 0.6 is 0 Å². The van der Waals surface area contributed by atoms with Crippen molar-refractivity contribution in [2.45, 2.75) is 26.1 Å². The maximum absolute atomic E-state index is 13.4. The SMILES string of the molecule is CCOC(=O)C(O)c1cccc(F)c1C(C)F. The van der Waals surface area contributed by atoms with Crippen molar-refractivity contribution in [3.63, 3.8) is 0 Å². The molecule has 3 nitrogen and oxygen atoms in total. The van der Waals surface area contributed by atoms with E-state index < -0.39 is 24.1 Å². The van der Waals surface area contributed by atoms with Gasteiger partial charge < -0.3 is 9.84 Å². The van der Waals surface area contributed by atoms with E-state index in [-0.39, 0.29) is 17.7 Å². The van der Waals surface area contributed by atoms with Crippen molar-refractivity contribution < 1.29 is 23.4 Å². The van der Waals surface area contributed by atoms with Crippen molar-refractivity contribution in [2.24, 2.45) is 0 Å². The Bertz CT molecular complexity index is 405. The Kier molecular flexibility index (Phi) is 4.57. The number of aliphatic hydroxyl groups excluding tert-OH is 1. The van der Waals surface area contributed by atoms with E-state index >= 15 is 0 Å². The Labute approximate surface area is 98.0 Å². The summed E-state index contributed by atoms with van der Waals surface area (Å²) in [5, 5.41) is 9.67. The first kappa shape index (κ1) is 13.6. The minimum atomic E-state index is -1.67. The van der Waals surface area contributed by atoms with Gasteiger partial charge in [0, 0.05) is 11.1 Å². The molecule has 0 saturated carbocycles. The molecule has 1 N–H and O–H groups in total. The molecule has 2 atom stereocenters. The molecular formula is C12H14F2O3. The summed E-state index contributed by atoms with van der Waals surface area (Å²) in [6.45, 7) is 2.81. The number of carbonyl (C=O) groups excluding carboxylic acids is 1. The summed E-state index contributed by atoms with van der Waals surface area (Å²) < 4.78 is 31.3. The third-order valence-corrected chi connectivity index (χ3v) is 2.29. The summed E-state index contributed by atoms with van der Waals surface area (Å²) in [5.41, 5.74) is -0.411. The highest BCUT2D eigenvalue weighted by atomic mass is 19.1. The zero-order valence-corrected chi connectivity index (χ0v) is 9.61. The van der Waals surface area contributed by atoms with Gasteiger partial charge in [-0.25, -0.2) is 13.6 Å². The van der Waals surface area contributed by atoms with Gasteiger partial charge >= 0.3 is 5.97 Å². The molecule has 1 aromatic rings. The molecule has 0 spiro atoms. The first-order chi connectivity index (χ1) is 7.99. The van der Waals surface area contributed by atoms with Crippen LogP contribution in [-0.4, -0.2) is 17.7 Å². The van der Waals surface area contributed by atoms with E-state index in [0.717, 1.165) is 13.0 Å². The Balaban J connectivity index is 3.13. The van der Waals surface area contributed by atoms with E-state index in [1.807, 2.05) is 0 Å². The van der Waals surface area contributed by atoms with E-state index in [1.165, 1.54) is 12.1 Å². The molecule has 94 valence electrons. The van der Waals surface area contributed by atoms with Crippen LogP contribution in [0.4, 0.5) is 8.78 Å². The number of alkyl halides is 1. The highest BCUT2D eigenvalue weighted by Crippen LogP contribution is 2.29. The van der Waals surface area contributed by atoms with Crippen molar-refractivity contribution in [3.05, 3.63) is 35.1 Å². The van der Waals surface area contributed by atoms with Crippen LogP contribution in [0.1, 0.15) is 37.3 Å². The summed E-state index contributed by atoms with van der Waals surface area (Å²) in [7, 11) is 0. The molecule has 0 aliphatic carbocycles. The Morgan fingerprint density at radius 3 is 2.71 bits per heavy atom. The fraction of sp³-hybridized carbons (Fsp3) is 0.417. The molecule has 0 saturated heterocycles. The average molecular weight is 244 g/mol. The summed E-state index contributed by atoms with van der Waals surface area (Å²) >= 11 is 0. The molecule has 0 aromatic heterocycles. The zero-order valence-electron chi connectivity index (χ0n) is 9.61. The predicted molar refractivity (Wildman–Crippen MR) is 57.5 cm³/mol. The van der Waals surface area contributed by atoms with Gasteiger partial charge in [-0.05, 0) is 19.9 Å². The number of benzene rings is 1. The summed E-state index contributed by atoms with van der Waals surface area (Å²) in [4.78, 5) is 11.3. The highest BCUT2D eigenvalue weighted by Gasteiger charge is 2.25. The lowest BCUT2D eigenvalue weighted by Crippen LogP contribution is -2.17. The van der Waals surface area contributed by atoms with Gasteiger partial charge in [0.15, 0.2) is 6.10 Å². The fourth-order valence-corrected chi connectivity index (χ4v) is 1.56. The Morgan fingerprint density at radius 2 is 2.18 bits per heavy atom. The van der Waals surface area contributed by atoms with Crippen LogP contribution in [0.5, 0.6) is 0 Å². The number of hydrogen-bond donors (Lipinski definition) is 1. The predicted octanol–water partition coefficient (Wildman–Crippen LogP) is 2.45. The third-order valence-electron chi connectivity index (χ3n) is 2.29. The highest BCUT2D eigenvalue weighted by molar-refractivity contribution is 5.76. The monoisotopic (exact) mass is 244 g/mol. The fourth-order valence-electron chi connectivity index (χ4n) is 1.56. The van der Waals surface area contributed by atoms with Crippen LogP contribution in [0, 0.1) is 5.82 Å². The second-order valence-corrected chi connectivity index (χ2v) is 3.51. The zero-order chi connectivity index (χ0) is 13.0. The molecule has 1 aromatic carbocycles. The smallest absolute Gasteiger partial charge is 0.339 e. The Morgan fingerprint density at radius 1 is 1.53 bits per heavy atom. The molecule has 2 unspecified atom stereocenters. The number of ether oxygens (including phenoxy) is 1. The molecule has 0 fully saturated rings. The maximum Gasteiger partial charge on any atom is 0.339 e. The lowest BCUT2D eigenvalue weighted by Gasteiger charge is -2.15. The third kappa shape index (κ3) is 3.00. The molecule has 17 heavy (non-hydrogen) atoms. The van der Waals surface area contributed by atoms with E-state index in [1.54, 1.807) is 6.92 Å².